The molecule has 6 heteroatoms. The second-order valence-electron chi connectivity index (χ2n) is 9.41. The number of amides is 2. The van der Waals surface area contributed by atoms with Gasteiger partial charge in [0.2, 0.25) is 0 Å². The molecule has 0 atom stereocenters. The van der Waals surface area contributed by atoms with Gasteiger partial charge in [0.25, 0.3) is 11.1 Å². The molecule has 0 radical (unpaired) electrons. The van der Waals surface area contributed by atoms with Crippen LogP contribution < -0.4 is 9.47 Å². The van der Waals surface area contributed by atoms with Crippen LogP contribution in [-0.2, 0) is 11.4 Å². The molecular formula is C30H31NO4S. The third-order valence-electron chi connectivity index (χ3n) is 6.81. The van der Waals surface area contributed by atoms with E-state index in [4.69, 9.17) is 9.47 Å². The molecule has 1 saturated heterocycles. The molecule has 5 nitrogen and oxygen atoms in total. The SMILES string of the molecule is CCOc1cc(/C=C2/SC(=O)N(CC3CCCCC3)C2=O)ccc1OCc1ccc2ccccc2c1. The smallest absolute Gasteiger partial charge is 0.293 e. The Labute approximate surface area is 216 Å². The number of hydrogen-bond donors (Lipinski definition) is 0. The number of thioether (sulfide) groups is 1. The van der Waals surface area contributed by atoms with E-state index < -0.39 is 0 Å². The van der Waals surface area contributed by atoms with E-state index in [1.54, 1.807) is 6.08 Å². The van der Waals surface area contributed by atoms with Gasteiger partial charge in [0, 0.05) is 6.54 Å². The summed E-state index contributed by atoms with van der Waals surface area (Å²) >= 11 is 1.02. The van der Waals surface area contributed by atoms with Gasteiger partial charge in [-0.15, -0.1) is 0 Å². The monoisotopic (exact) mass is 501 g/mol. The van der Waals surface area contributed by atoms with Gasteiger partial charge in [-0.3, -0.25) is 14.5 Å². The standard InChI is InChI=1S/C30H31NO4S/c1-2-34-27-17-22(18-28-29(32)31(30(33)36-28)19-21-8-4-3-5-9-21)13-15-26(27)35-20-23-12-14-24-10-6-7-11-25(24)16-23/h6-7,10-18,21H,2-5,8-9,19-20H2,1H3/b28-18+. The number of ether oxygens (including phenoxy) is 2. The van der Waals surface area contributed by atoms with Crippen LogP contribution in [0.25, 0.3) is 16.8 Å². The van der Waals surface area contributed by atoms with Gasteiger partial charge in [-0.25, -0.2) is 0 Å². The molecule has 2 aliphatic rings. The van der Waals surface area contributed by atoms with E-state index in [-0.39, 0.29) is 11.1 Å². The van der Waals surface area contributed by atoms with Gasteiger partial charge in [-0.05, 0) is 83.6 Å². The van der Waals surface area contributed by atoms with Gasteiger partial charge in [0.15, 0.2) is 11.5 Å². The normalized spacial score (nSPS) is 17.8. The minimum absolute atomic E-state index is 0.169. The Morgan fingerprint density at radius 1 is 0.917 bits per heavy atom. The second kappa shape index (κ2) is 11.2. The first-order valence-corrected chi connectivity index (χ1v) is 13.5. The number of imide groups is 1. The Kier molecular flexibility index (Phi) is 7.61. The Balaban J connectivity index is 1.29. The summed E-state index contributed by atoms with van der Waals surface area (Å²) in [5.41, 5.74) is 1.88. The van der Waals surface area contributed by atoms with Crippen molar-refractivity contribution in [1.82, 2.24) is 4.90 Å². The summed E-state index contributed by atoms with van der Waals surface area (Å²) in [5.74, 6) is 1.50. The predicted octanol–water partition coefficient (Wildman–Crippen LogP) is 7.43. The lowest BCUT2D eigenvalue weighted by Gasteiger charge is -2.25. The molecule has 1 aliphatic carbocycles. The first-order valence-electron chi connectivity index (χ1n) is 12.7. The van der Waals surface area contributed by atoms with Crippen LogP contribution in [-0.4, -0.2) is 29.2 Å². The summed E-state index contributed by atoms with van der Waals surface area (Å²) in [6.45, 7) is 3.38. The van der Waals surface area contributed by atoms with E-state index in [1.165, 1.54) is 34.9 Å². The number of nitrogens with zero attached hydrogens (tertiary/aromatic N) is 1. The molecule has 1 saturated carbocycles. The van der Waals surface area contributed by atoms with Crippen LogP contribution in [0.2, 0.25) is 0 Å². The predicted molar refractivity (Wildman–Crippen MR) is 145 cm³/mol. The van der Waals surface area contributed by atoms with Crippen molar-refractivity contribution in [3.8, 4) is 11.5 Å². The molecule has 3 aromatic rings. The first kappa shape index (κ1) is 24.4. The van der Waals surface area contributed by atoms with E-state index in [0.717, 1.165) is 35.7 Å². The maximum absolute atomic E-state index is 13.0. The number of fused-ring (bicyclic) bond motifs is 1. The van der Waals surface area contributed by atoms with E-state index in [2.05, 4.69) is 30.3 Å². The van der Waals surface area contributed by atoms with E-state index in [0.29, 0.717) is 42.1 Å². The summed E-state index contributed by atoms with van der Waals surface area (Å²) < 4.78 is 12.0. The summed E-state index contributed by atoms with van der Waals surface area (Å²) in [6.07, 6.45) is 7.60. The van der Waals surface area contributed by atoms with Gasteiger partial charge >= 0.3 is 0 Å². The fraction of sp³-hybridized carbons (Fsp3) is 0.333. The van der Waals surface area contributed by atoms with Crippen LogP contribution in [0.3, 0.4) is 0 Å². The highest BCUT2D eigenvalue weighted by atomic mass is 32.2. The van der Waals surface area contributed by atoms with Crippen molar-refractivity contribution >= 4 is 39.8 Å². The minimum Gasteiger partial charge on any atom is -0.490 e. The average molecular weight is 502 g/mol. The highest BCUT2D eigenvalue weighted by molar-refractivity contribution is 8.18. The molecule has 0 N–H and O–H groups in total. The molecule has 36 heavy (non-hydrogen) atoms. The van der Waals surface area contributed by atoms with Crippen molar-refractivity contribution in [3.05, 3.63) is 76.7 Å². The topological polar surface area (TPSA) is 55.8 Å². The lowest BCUT2D eigenvalue weighted by molar-refractivity contribution is -0.123. The Morgan fingerprint density at radius 2 is 1.72 bits per heavy atom. The van der Waals surface area contributed by atoms with Crippen molar-refractivity contribution in [2.75, 3.05) is 13.2 Å². The molecule has 0 spiro atoms. The quantitative estimate of drug-likeness (QED) is 0.300. The number of carbonyl (C=O) groups excluding carboxylic acids is 2. The van der Waals surface area contributed by atoms with Gasteiger partial charge in [-0.1, -0.05) is 61.7 Å². The van der Waals surface area contributed by atoms with Crippen molar-refractivity contribution in [2.24, 2.45) is 5.92 Å². The third kappa shape index (κ3) is 5.59. The summed E-state index contributed by atoms with van der Waals surface area (Å²) in [7, 11) is 0. The summed E-state index contributed by atoms with van der Waals surface area (Å²) in [5, 5.41) is 2.21. The van der Waals surface area contributed by atoms with E-state index in [9.17, 15) is 9.59 Å². The van der Waals surface area contributed by atoms with Gasteiger partial charge in [0.05, 0.1) is 11.5 Å². The highest BCUT2D eigenvalue weighted by Crippen LogP contribution is 2.36. The van der Waals surface area contributed by atoms with Crippen LogP contribution >= 0.6 is 11.8 Å². The lowest BCUT2D eigenvalue weighted by Crippen LogP contribution is -2.34. The molecule has 2 amide bonds. The van der Waals surface area contributed by atoms with Gasteiger partial charge < -0.3 is 9.47 Å². The summed E-state index contributed by atoms with van der Waals surface area (Å²) in [4.78, 5) is 27.4. The zero-order chi connectivity index (χ0) is 24.9. The van der Waals surface area contributed by atoms with Gasteiger partial charge in [0.1, 0.15) is 6.61 Å². The molecule has 0 unspecified atom stereocenters. The molecular weight excluding hydrogens is 470 g/mol. The molecule has 0 aromatic heterocycles. The minimum atomic E-state index is -0.190. The number of carbonyl (C=O) groups is 2. The maximum Gasteiger partial charge on any atom is 0.293 e. The fourth-order valence-electron chi connectivity index (χ4n) is 4.93. The first-order chi connectivity index (χ1) is 17.6. The molecule has 5 rings (SSSR count). The van der Waals surface area contributed by atoms with E-state index >= 15 is 0 Å². The van der Waals surface area contributed by atoms with E-state index in [1.807, 2.05) is 37.3 Å². The molecule has 186 valence electrons. The zero-order valence-corrected chi connectivity index (χ0v) is 21.4. The third-order valence-corrected chi connectivity index (χ3v) is 7.72. The molecule has 3 aromatic carbocycles. The molecule has 1 aliphatic heterocycles. The number of hydrogen-bond acceptors (Lipinski definition) is 5. The zero-order valence-electron chi connectivity index (χ0n) is 20.6. The Morgan fingerprint density at radius 3 is 2.53 bits per heavy atom. The molecule has 0 bridgehead atoms. The second-order valence-corrected chi connectivity index (χ2v) is 10.4. The Hall–Kier alpha value is -3.25. The largest absolute Gasteiger partial charge is 0.490 e. The van der Waals surface area contributed by atoms with Gasteiger partial charge in [-0.2, -0.15) is 0 Å². The van der Waals surface area contributed by atoms with Crippen molar-refractivity contribution in [2.45, 2.75) is 45.6 Å². The lowest BCUT2D eigenvalue weighted by atomic mass is 9.89. The van der Waals surface area contributed by atoms with Crippen molar-refractivity contribution in [3.63, 3.8) is 0 Å². The maximum atomic E-state index is 13.0. The summed E-state index contributed by atoms with van der Waals surface area (Å²) in [6, 6.07) is 20.2. The molecule has 1 heterocycles. The van der Waals surface area contributed by atoms with Crippen LogP contribution in [0, 0.1) is 5.92 Å². The highest BCUT2D eigenvalue weighted by Gasteiger charge is 2.36. The molecule has 2 fully saturated rings. The van der Waals surface area contributed by atoms with Crippen LogP contribution in [0.1, 0.15) is 50.2 Å². The number of benzene rings is 3. The van der Waals surface area contributed by atoms with Crippen molar-refractivity contribution < 1.29 is 19.1 Å². The average Bonchev–Trinajstić information content (AvgIpc) is 3.16. The van der Waals surface area contributed by atoms with Crippen LogP contribution in [0.15, 0.2) is 65.6 Å². The van der Waals surface area contributed by atoms with Crippen LogP contribution in [0.5, 0.6) is 11.5 Å². The fourth-order valence-corrected chi connectivity index (χ4v) is 5.78. The van der Waals surface area contributed by atoms with Crippen LogP contribution in [0.4, 0.5) is 4.79 Å². The Bertz CT molecular complexity index is 1300. The van der Waals surface area contributed by atoms with Crippen molar-refractivity contribution in [1.29, 1.82) is 0 Å². The number of rotatable bonds is 8.